The van der Waals surface area contributed by atoms with Crippen LogP contribution in [0.2, 0.25) is 0 Å². The summed E-state index contributed by atoms with van der Waals surface area (Å²) in [7, 11) is 0. The molecule has 1 saturated heterocycles. The molecule has 0 bridgehead atoms. The summed E-state index contributed by atoms with van der Waals surface area (Å²) < 4.78 is 41.6. The molecule has 1 aromatic rings. The van der Waals surface area contributed by atoms with Crippen LogP contribution in [0.25, 0.3) is 0 Å². The molecular weight excluding hydrogens is 297 g/mol. The highest BCUT2D eigenvalue weighted by Crippen LogP contribution is 2.22. The molecule has 0 radical (unpaired) electrons. The van der Waals surface area contributed by atoms with E-state index in [-0.39, 0.29) is 12.2 Å². The molecule has 1 aliphatic heterocycles. The van der Waals surface area contributed by atoms with Crippen molar-refractivity contribution in [1.29, 1.82) is 0 Å². The van der Waals surface area contributed by atoms with Crippen LogP contribution in [0.4, 0.5) is 19.2 Å². The molecule has 0 N–H and O–H groups in total. The number of rotatable bonds is 6. The molecule has 0 aromatic carbocycles. The van der Waals surface area contributed by atoms with E-state index in [4.69, 9.17) is 4.52 Å². The van der Waals surface area contributed by atoms with Gasteiger partial charge in [0.1, 0.15) is 0 Å². The average Bonchev–Trinajstić information content (AvgIpc) is 2.92. The molecule has 0 unspecified atom stereocenters. The van der Waals surface area contributed by atoms with Gasteiger partial charge in [0.25, 0.3) is 0 Å². The molecule has 0 atom stereocenters. The lowest BCUT2D eigenvalue weighted by molar-refractivity contribution is -0.134. The van der Waals surface area contributed by atoms with Crippen LogP contribution in [0.3, 0.4) is 0 Å². The zero-order valence-corrected chi connectivity index (χ0v) is 13.1. The second-order valence-corrected chi connectivity index (χ2v) is 6.12. The lowest BCUT2D eigenvalue weighted by Crippen LogP contribution is -2.47. The first kappa shape index (κ1) is 17.1. The van der Waals surface area contributed by atoms with Crippen molar-refractivity contribution in [2.24, 2.45) is 5.92 Å². The summed E-state index contributed by atoms with van der Waals surface area (Å²) in [5.41, 5.74) is 0. The molecule has 1 aliphatic rings. The highest BCUT2D eigenvalue weighted by atomic mass is 19.4. The molecule has 0 aliphatic carbocycles. The normalized spacial score (nSPS) is 17.5. The molecular formula is C14H23F3N4O. The van der Waals surface area contributed by atoms with Gasteiger partial charge in [0, 0.05) is 32.6 Å². The lowest BCUT2D eigenvalue weighted by Gasteiger charge is -2.33. The summed E-state index contributed by atoms with van der Waals surface area (Å²) in [6.07, 6.45) is -4.18. The molecule has 1 aromatic heterocycles. The number of alkyl halides is 3. The topological polar surface area (TPSA) is 45.4 Å². The smallest absolute Gasteiger partial charge is 0.322 e. The van der Waals surface area contributed by atoms with E-state index in [1.165, 1.54) is 6.42 Å². The number of anilines is 1. The molecule has 22 heavy (non-hydrogen) atoms. The van der Waals surface area contributed by atoms with Gasteiger partial charge in [0.2, 0.25) is 0 Å². The van der Waals surface area contributed by atoms with Gasteiger partial charge in [-0.3, -0.25) is 4.90 Å². The van der Waals surface area contributed by atoms with Crippen LogP contribution in [0.1, 0.15) is 32.5 Å². The van der Waals surface area contributed by atoms with Gasteiger partial charge < -0.3 is 9.42 Å². The van der Waals surface area contributed by atoms with Crippen LogP contribution < -0.4 is 4.90 Å². The summed E-state index contributed by atoms with van der Waals surface area (Å²) in [5.74, 6) is 0.805. The highest BCUT2D eigenvalue weighted by Gasteiger charge is 2.28. The SMILES string of the molecule is CC(C)CCN1CCN(c2nc(CCC(F)(F)F)no2)CC1. The van der Waals surface area contributed by atoms with Crippen molar-refractivity contribution in [1.82, 2.24) is 15.0 Å². The number of hydrogen-bond acceptors (Lipinski definition) is 5. The number of halogens is 3. The number of nitrogens with zero attached hydrogens (tertiary/aromatic N) is 4. The average molecular weight is 320 g/mol. The largest absolute Gasteiger partial charge is 0.389 e. The van der Waals surface area contributed by atoms with Gasteiger partial charge in [-0.2, -0.15) is 18.2 Å². The van der Waals surface area contributed by atoms with Gasteiger partial charge >= 0.3 is 12.2 Å². The first-order valence-electron chi connectivity index (χ1n) is 7.70. The Morgan fingerprint density at radius 2 is 1.86 bits per heavy atom. The van der Waals surface area contributed by atoms with E-state index >= 15 is 0 Å². The van der Waals surface area contributed by atoms with Crippen LogP contribution >= 0.6 is 0 Å². The molecule has 0 amide bonds. The fourth-order valence-electron chi connectivity index (χ4n) is 2.33. The first-order chi connectivity index (χ1) is 10.3. The van der Waals surface area contributed by atoms with Gasteiger partial charge in [-0.15, -0.1) is 0 Å². The van der Waals surface area contributed by atoms with Gasteiger partial charge in [0.15, 0.2) is 5.82 Å². The molecule has 126 valence electrons. The molecule has 2 heterocycles. The van der Waals surface area contributed by atoms with Crippen molar-refractivity contribution in [2.75, 3.05) is 37.6 Å². The molecule has 0 spiro atoms. The maximum Gasteiger partial charge on any atom is 0.389 e. The minimum Gasteiger partial charge on any atom is -0.322 e. The van der Waals surface area contributed by atoms with Crippen molar-refractivity contribution >= 4 is 6.01 Å². The van der Waals surface area contributed by atoms with E-state index in [1.54, 1.807) is 0 Å². The Labute approximate surface area is 128 Å². The molecule has 5 nitrogen and oxygen atoms in total. The quantitative estimate of drug-likeness (QED) is 0.806. The number of aromatic nitrogens is 2. The van der Waals surface area contributed by atoms with Crippen molar-refractivity contribution in [3.05, 3.63) is 5.82 Å². The van der Waals surface area contributed by atoms with Crippen LogP contribution in [0, 0.1) is 5.92 Å². The van der Waals surface area contributed by atoms with E-state index in [9.17, 15) is 13.2 Å². The van der Waals surface area contributed by atoms with Crippen molar-refractivity contribution in [3.8, 4) is 0 Å². The van der Waals surface area contributed by atoms with Gasteiger partial charge in [-0.05, 0) is 18.9 Å². The zero-order valence-electron chi connectivity index (χ0n) is 13.1. The summed E-state index contributed by atoms with van der Waals surface area (Å²) in [6.45, 7) is 8.83. The molecule has 1 fully saturated rings. The zero-order chi connectivity index (χ0) is 16.2. The Hall–Kier alpha value is -1.31. The summed E-state index contributed by atoms with van der Waals surface area (Å²) in [4.78, 5) is 8.39. The van der Waals surface area contributed by atoms with Crippen LogP contribution in [-0.4, -0.2) is 53.9 Å². The standard InChI is InChI=1S/C14H23F3N4O/c1-11(2)4-6-20-7-9-21(10-8-20)13-18-12(19-22-13)3-5-14(15,16)17/h11H,3-10H2,1-2H3. The highest BCUT2D eigenvalue weighted by molar-refractivity contribution is 5.26. The summed E-state index contributed by atoms with van der Waals surface area (Å²) >= 11 is 0. The van der Waals surface area contributed by atoms with Crippen molar-refractivity contribution in [3.63, 3.8) is 0 Å². The Morgan fingerprint density at radius 3 is 2.45 bits per heavy atom. The number of aryl methyl sites for hydroxylation is 1. The van der Waals surface area contributed by atoms with Crippen LogP contribution in [-0.2, 0) is 6.42 Å². The van der Waals surface area contributed by atoms with E-state index in [2.05, 4.69) is 28.9 Å². The summed E-state index contributed by atoms with van der Waals surface area (Å²) in [5, 5.41) is 3.63. The van der Waals surface area contributed by atoms with Crippen molar-refractivity contribution < 1.29 is 17.7 Å². The summed E-state index contributed by atoms with van der Waals surface area (Å²) in [6, 6.07) is 0.334. The second kappa shape index (κ2) is 7.30. The Morgan fingerprint density at radius 1 is 1.18 bits per heavy atom. The van der Waals surface area contributed by atoms with Gasteiger partial charge in [0.05, 0.1) is 6.42 Å². The number of piperazine rings is 1. The third kappa shape index (κ3) is 5.47. The maximum absolute atomic E-state index is 12.2. The lowest BCUT2D eigenvalue weighted by atomic mass is 10.1. The van der Waals surface area contributed by atoms with Gasteiger partial charge in [-0.1, -0.05) is 19.0 Å². The molecule has 8 heteroatoms. The third-order valence-electron chi connectivity index (χ3n) is 3.75. The Kier molecular flexibility index (Phi) is 5.66. The van der Waals surface area contributed by atoms with Crippen LogP contribution in [0.5, 0.6) is 0 Å². The minimum absolute atomic E-state index is 0.120. The van der Waals surface area contributed by atoms with E-state index in [0.29, 0.717) is 11.9 Å². The van der Waals surface area contributed by atoms with E-state index in [0.717, 1.165) is 32.7 Å². The van der Waals surface area contributed by atoms with Gasteiger partial charge in [-0.25, -0.2) is 0 Å². The third-order valence-corrected chi connectivity index (χ3v) is 3.75. The van der Waals surface area contributed by atoms with Crippen LogP contribution in [0.15, 0.2) is 4.52 Å². The predicted octanol–water partition coefficient (Wildman–Crippen LogP) is 2.73. The Balaban J connectivity index is 1.78. The maximum atomic E-state index is 12.2. The second-order valence-electron chi connectivity index (χ2n) is 6.12. The number of hydrogen-bond donors (Lipinski definition) is 0. The Bertz CT molecular complexity index is 453. The van der Waals surface area contributed by atoms with E-state index < -0.39 is 12.6 Å². The minimum atomic E-state index is -4.19. The fraction of sp³-hybridized carbons (Fsp3) is 0.857. The predicted molar refractivity (Wildman–Crippen MR) is 76.8 cm³/mol. The van der Waals surface area contributed by atoms with Crippen molar-refractivity contribution in [2.45, 2.75) is 39.3 Å². The fourth-order valence-corrected chi connectivity index (χ4v) is 2.33. The first-order valence-corrected chi connectivity index (χ1v) is 7.70. The molecule has 0 saturated carbocycles. The van der Waals surface area contributed by atoms with E-state index in [1.807, 2.05) is 4.90 Å². The monoisotopic (exact) mass is 320 g/mol. The molecule has 2 rings (SSSR count).